The maximum atomic E-state index is 11.6. The molecule has 1 fully saturated rings. The Morgan fingerprint density at radius 3 is 2.74 bits per heavy atom. The number of aromatic nitrogens is 1. The quantitative estimate of drug-likeness (QED) is 0.875. The predicted octanol–water partition coefficient (Wildman–Crippen LogP) is 0.819. The fourth-order valence-electron chi connectivity index (χ4n) is 2.09. The molecule has 1 aromatic rings. The van der Waals surface area contributed by atoms with Crippen molar-refractivity contribution >= 4 is 11.9 Å². The number of anilines is 1. The maximum Gasteiger partial charge on any atom is 0.409 e. The van der Waals surface area contributed by atoms with Crippen molar-refractivity contribution in [1.82, 2.24) is 9.88 Å². The largest absolute Gasteiger partial charge is 0.450 e. The summed E-state index contributed by atoms with van der Waals surface area (Å²) in [6.07, 6.45) is -0.231. The van der Waals surface area contributed by atoms with Gasteiger partial charge in [0.2, 0.25) is 0 Å². The summed E-state index contributed by atoms with van der Waals surface area (Å²) >= 11 is 0. The zero-order valence-electron chi connectivity index (χ0n) is 11.2. The average molecular weight is 264 g/mol. The monoisotopic (exact) mass is 264 g/mol. The van der Waals surface area contributed by atoms with Crippen LogP contribution in [-0.2, 0) is 11.3 Å². The van der Waals surface area contributed by atoms with E-state index in [9.17, 15) is 4.79 Å². The lowest BCUT2D eigenvalue weighted by molar-refractivity contribution is 0.105. The normalized spacial score (nSPS) is 15.5. The molecule has 0 saturated carbocycles. The van der Waals surface area contributed by atoms with E-state index in [1.165, 1.54) is 0 Å². The number of amides is 1. The first kappa shape index (κ1) is 13.6. The number of rotatable bonds is 3. The smallest absolute Gasteiger partial charge is 0.409 e. The van der Waals surface area contributed by atoms with E-state index in [1.807, 2.05) is 25.1 Å². The van der Waals surface area contributed by atoms with E-state index in [-0.39, 0.29) is 6.09 Å². The SMILES string of the molecule is CCOC(=O)N1CCN(c2cccc(CN)n2)CC1. The summed E-state index contributed by atoms with van der Waals surface area (Å²) in [7, 11) is 0. The molecule has 1 saturated heterocycles. The van der Waals surface area contributed by atoms with Gasteiger partial charge in [0.15, 0.2) is 0 Å². The van der Waals surface area contributed by atoms with E-state index >= 15 is 0 Å². The average Bonchev–Trinajstić information content (AvgIpc) is 2.48. The molecule has 0 atom stereocenters. The zero-order valence-corrected chi connectivity index (χ0v) is 11.2. The van der Waals surface area contributed by atoms with E-state index in [1.54, 1.807) is 4.90 Å². The van der Waals surface area contributed by atoms with Crippen LogP contribution in [0.25, 0.3) is 0 Å². The molecule has 104 valence electrons. The number of piperazine rings is 1. The van der Waals surface area contributed by atoms with E-state index in [0.29, 0.717) is 26.2 Å². The van der Waals surface area contributed by atoms with Crippen LogP contribution < -0.4 is 10.6 Å². The van der Waals surface area contributed by atoms with Gasteiger partial charge in [-0.3, -0.25) is 0 Å². The van der Waals surface area contributed by atoms with E-state index in [0.717, 1.165) is 24.6 Å². The standard InChI is InChI=1S/C13H20N4O2/c1-2-19-13(18)17-8-6-16(7-9-17)12-5-3-4-11(10-14)15-12/h3-5H,2,6-10,14H2,1H3. The molecule has 1 aliphatic heterocycles. The van der Waals surface area contributed by atoms with Gasteiger partial charge in [0.1, 0.15) is 5.82 Å². The van der Waals surface area contributed by atoms with E-state index in [4.69, 9.17) is 10.5 Å². The third kappa shape index (κ3) is 3.35. The molecule has 1 amide bonds. The number of ether oxygens (including phenoxy) is 1. The molecule has 0 bridgehead atoms. The lowest BCUT2D eigenvalue weighted by Gasteiger charge is -2.34. The first-order valence-electron chi connectivity index (χ1n) is 6.57. The molecule has 0 aliphatic carbocycles. The summed E-state index contributed by atoms with van der Waals surface area (Å²) in [6.45, 7) is 5.52. The Balaban J connectivity index is 1.94. The minimum Gasteiger partial charge on any atom is -0.450 e. The third-order valence-corrected chi connectivity index (χ3v) is 3.13. The number of hydrogen-bond donors (Lipinski definition) is 1. The Morgan fingerprint density at radius 2 is 2.11 bits per heavy atom. The molecule has 0 unspecified atom stereocenters. The fraction of sp³-hybridized carbons (Fsp3) is 0.538. The number of pyridine rings is 1. The topological polar surface area (TPSA) is 71.7 Å². The fourth-order valence-corrected chi connectivity index (χ4v) is 2.09. The summed E-state index contributed by atoms with van der Waals surface area (Å²) in [4.78, 5) is 20.0. The highest BCUT2D eigenvalue weighted by atomic mass is 16.6. The summed E-state index contributed by atoms with van der Waals surface area (Å²) in [6, 6.07) is 5.85. The number of nitrogens with two attached hydrogens (primary N) is 1. The second-order valence-corrected chi connectivity index (χ2v) is 4.36. The van der Waals surface area contributed by atoms with Crippen LogP contribution in [0.2, 0.25) is 0 Å². The van der Waals surface area contributed by atoms with Gasteiger partial charge < -0.3 is 20.3 Å². The van der Waals surface area contributed by atoms with Gasteiger partial charge in [0.05, 0.1) is 12.3 Å². The molecule has 0 aromatic carbocycles. The van der Waals surface area contributed by atoms with Crippen LogP contribution >= 0.6 is 0 Å². The molecule has 6 heteroatoms. The number of nitrogens with zero attached hydrogens (tertiary/aromatic N) is 3. The molecule has 1 aromatic heterocycles. The van der Waals surface area contributed by atoms with Gasteiger partial charge in [-0.1, -0.05) is 6.07 Å². The first-order chi connectivity index (χ1) is 9.24. The third-order valence-electron chi connectivity index (χ3n) is 3.13. The summed E-state index contributed by atoms with van der Waals surface area (Å²) in [5.41, 5.74) is 6.47. The second kappa shape index (κ2) is 6.38. The van der Waals surface area contributed by atoms with Crippen molar-refractivity contribution in [3.63, 3.8) is 0 Å². The van der Waals surface area contributed by atoms with Crippen LogP contribution in [0.5, 0.6) is 0 Å². The zero-order chi connectivity index (χ0) is 13.7. The van der Waals surface area contributed by atoms with Crippen LogP contribution in [0.3, 0.4) is 0 Å². The van der Waals surface area contributed by atoms with Crippen LogP contribution in [0.15, 0.2) is 18.2 Å². The van der Waals surface area contributed by atoms with Crippen molar-refractivity contribution in [3.8, 4) is 0 Å². The Labute approximate surface area is 113 Å². The summed E-state index contributed by atoms with van der Waals surface area (Å²) < 4.78 is 5.00. The molecule has 2 heterocycles. The van der Waals surface area contributed by atoms with Crippen molar-refractivity contribution in [1.29, 1.82) is 0 Å². The molecule has 2 rings (SSSR count). The first-order valence-corrected chi connectivity index (χ1v) is 6.57. The predicted molar refractivity (Wildman–Crippen MR) is 72.9 cm³/mol. The van der Waals surface area contributed by atoms with Crippen LogP contribution in [0.1, 0.15) is 12.6 Å². The van der Waals surface area contributed by atoms with Crippen LogP contribution in [0.4, 0.5) is 10.6 Å². The van der Waals surface area contributed by atoms with Gasteiger partial charge in [-0.15, -0.1) is 0 Å². The highest BCUT2D eigenvalue weighted by Gasteiger charge is 2.22. The van der Waals surface area contributed by atoms with Crippen molar-refractivity contribution in [3.05, 3.63) is 23.9 Å². The maximum absolute atomic E-state index is 11.6. The summed E-state index contributed by atoms with van der Waals surface area (Å²) in [5, 5.41) is 0. The van der Waals surface area contributed by atoms with Crippen LogP contribution in [0, 0.1) is 0 Å². The van der Waals surface area contributed by atoms with Gasteiger partial charge in [-0.05, 0) is 19.1 Å². The minimum atomic E-state index is -0.231. The van der Waals surface area contributed by atoms with Crippen molar-refractivity contribution in [2.45, 2.75) is 13.5 Å². The molecular formula is C13H20N4O2. The van der Waals surface area contributed by atoms with E-state index < -0.39 is 0 Å². The summed E-state index contributed by atoms with van der Waals surface area (Å²) in [5.74, 6) is 0.923. The molecule has 1 aliphatic rings. The minimum absolute atomic E-state index is 0.231. The molecule has 2 N–H and O–H groups in total. The van der Waals surface area contributed by atoms with Crippen molar-refractivity contribution in [2.24, 2.45) is 5.73 Å². The van der Waals surface area contributed by atoms with Crippen molar-refractivity contribution in [2.75, 3.05) is 37.7 Å². The van der Waals surface area contributed by atoms with E-state index in [2.05, 4.69) is 9.88 Å². The van der Waals surface area contributed by atoms with Gasteiger partial charge >= 0.3 is 6.09 Å². The van der Waals surface area contributed by atoms with Gasteiger partial charge in [0, 0.05) is 32.7 Å². The highest BCUT2D eigenvalue weighted by molar-refractivity contribution is 5.68. The molecule has 0 spiro atoms. The number of carbonyl (C=O) groups excluding carboxylic acids is 1. The number of hydrogen-bond acceptors (Lipinski definition) is 5. The molecule has 19 heavy (non-hydrogen) atoms. The van der Waals surface area contributed by atoms with Crippen LogP contribution in [-0.4, -0.2) is 48.8 Å². The number of carbonyl (C=O) groups is 1. The van der Waals surface area contributed by atoms with Gasteiger partial charge in [-0.2, -0.15) is 0 Å². The lowest BCUT2D eigenvalue weighted by Crippen LogP contribution is -2.49. The Kier molecular flexibility index (Phi) is 4.57. The van der Waals surface area contributed by atoms with Gasteiger partial charge in [0.25, 0.3) is 0 Å². The van der Waals surface area contributed by atoms with Gasteiger partial charge in [-0.25, -0.2) is 9.78 Å². The van der Waals surface area contributed by atoms with Crippen molar-refractivity contribution < 1.29 is 9.53 Å². The Bertz CT molecular complexity index is 430. The highest BCUT2D eigenvalue weighted by Crippen LogP contribution is 2.14. The molecule has 6 nitrogen and oxygen atoms in total. The lowest BCUT2D eigenvalue weighted by atomic mass is 10.3. The molecule has 0 radical (unpaired) electrons. The second-order valence-electron chi connectivity index (χ2n) is 4.36. The Morgan fingerprint density at radius 1 is 1.37 bits per heavy atom. The Hall–Kier alpha value is -1.82. The molecular weight excluding hydrogens is 244 g/mol.